The summed E-state index contributed by atoms with van der Waals surface area (Å²) >= 11 is 0. The van der Waals surface area contributed by atoms with E-state index in [1.165, 1.54) is 12.1 Å². The van der Waals surface area contributed by atoms with Gasteiger partial charge in [-0.15, -0.1) is 0 Å². The zero-order chi connectivity index (χ0) is 12.7. The Morgan fingerprint density at radius 3 is 2.71 bits per heavy atom. The van der Waals surface area contributed by atoms with Crippen molar-refractivity contribution in [1.82, 2.24) is 4.90 Å². The van der Waals surface area contributed by atoms with Crippen LogP contribution >= 0.6 is 0 Å². The van der Waals surface area contributed by atoms with E-state index in [9.17, 15) is 4.39 Å². The minimum absolute atomic E-state index is 0.265. The van der Waals surface area contributed by atoms with Crippen LogP contribution in [0.5, 0.6) is 5.75 Å². The summed E-state index contributed by atoms with van der Waals surface area (Å²) in [5, 5.41) is 0. The summed E-state index contributed by atoms with van der Waals surface area (Å²) in [6.07, 6.45) is 1.60. The molecule has 0 amide bonds. The van der Waals surface area contributed by atoms with Crippen LogP contribution in [-0.4, -0.2) is 38.7 Å². The van der Waals surface area contributed by atoms with Crippen LogP contribution < -0.4 is 10.5 Å². The van der Waals surface area contributed by atoms with E-state index in [-0.39, 0.29) is 5.82 Å². The molecule has 17 heavy (non-hydrogen) atoms. The van der Waals surface area contributed by atoms with Gasteiger partial charge in [-0.3, -0.25) is 0 Å². The number of rotatable bonds is 7. The summed E-state index contributed by atoms with van der Waals surface area (Å²) in [5.74, 6) is 0.325. The summed E-state index contributed by atoms with van der Waals surface area (Å²) in [4.78, 5) is 2.09. The molecule has 0 atom stereocenters. The van der Waals surface area contributed by atoms with E-state index in [0.29, 0.717) is 25.3 Å². The predicted molar refractivity (Wildman–Crippen MR) is 67.8 cm³/mol. The Morgan fingerprint density at radius 2 is 2.06 bits per heavy atom. The first kappa shape index (κ1) is 13.9. The van der Waals surface area contributed by atoms with Gasteiger partial charge in [-0.1, -0.05) is 0 Å². The lowest BCUT2D eigenvalue weighted by Crippen LogP contribution is -2.15. The minimum atomic E-state index is -0.265. The van der Waals surface area contributed by atoms with Gasteiger partial charge in [-0.25, -0.2) is 4.39 Å². The van der Waals surface area contributed by atoms with E-state index in [2.05, 4.69) is 4.90 Å². The monoisotopic (exact) mass is 240 g/mol. The number of hydrogen-bond donors (Lipinski definition) is 1. The molecule has 0 heterocycles. The molecule has 0 saturated carbocycles. The number of nitrogens with two attached hydrogens (primary N) is 1. The van der Waals surface area contributed by atoms with Crippen LogP contribution in [0.1, 0.15) is 12.0 Å². The summed E-state index contributed by atoms with van der Waals surface area (Å²) in [6, 6.07) is 4.76. The lowest BCUT2D eigenvalue weighted by molar-refractivity contribution is 0.280. The highest BCUT2D eigenvalue weighted by molar-refractivity contribution is 5.29. The SMILES string of the molecule is CN(C)CCCOc1cc(F)cc(CCN)c1. The van der Waals surface area contributed by atoms with Crippen LogP contribution in [0.3, 0.4) is 0 Å². The lowest BCUT2D eigenvalue weighted by atomic mass is 10.1. The maximum atomic E-state index is 13.3. The van der Waals surface area contributed by atoms with Crippen LogP contribution in [0.2, 0.25) is 0 Å². The molecule has 0 radical (unpaired) electrons. The molecule has 0 saturated heterocycles. The first-order chi connectivity index (χ1) is 8.11. The second-order valence-electron chi connectivity index (χ2n) is 4.34. The average Bonchev–Trinajstić information content (AvgIpc) is 2.24. The van der Waals surface area contributed by atoms with E-state index in [0.717, 1.165) is 18.5 Å². The first-order valence-corrected chi connectivity index (χ1v) is 5.89. The van der Waals surface area contributed by atoms with Gasteiger partial charge in [0.05, 0.1) is 6.61 Å². The molecular weight excluding hydrogens is 219 g/mol. The molecule has 4 heteroatoms. The Morgan fingerprint density at radius 1 is 1.29 bits per heavy atom. The van der Waals surface area contributed by atoms with Gasteiger partial charge in [0.25, 0.3) is 0 Å². The van der Waals surface area contributed by atoms with Crippen molar-refractivity contribution in [2.75, 3.05) is 33.8 Å². The van der Waals surface area contributed by atoms with E-state index in [4.69, 9.17) is 10.5 Å². The van der Waals surface area contributed by atoms with Gasteiger partial charge in [-0.2, -0.15) is 0 Å². The largest absolute Gasteiger partial charge is 0.493 e. The predicted octanol–water partition coefficient (Wildman–Crippen LogP) is 1.66. The molecule has 96 valence electrons. The first-order valence-electron chi connectivity index (χ1n) is 5.89. The van der Waals surface area contributed by atoms with Crippen LogP contribution in [0.25, 0.3) is 0 Å². The van der Waals surface area contributed by atoms with Gasteiger partial charge < -0.3 is 15.4 Å². The van der Waals surface area contributed by atoms with Crippen molar-refractivity contribution < 1.29 is 9.13 Å². The Kier molecular flexibility index (Phi) is 5.94. The molecular formula is C13H21FN2O. The van der Waals surface area contributed by atoms with Gasteiger partial charge in [0.1, 0.15) is 11.6 Å². The standard InChI is InChI=1S/C13H21FN2O/c1-16(2)6-3-7-17-13-9-11(4-5-15)8-12(14)10-13/h8-10H,3-7,15H2,1-2H3. The summed E-state index contributed by atoms with van der Waals surface area (Å²) in [5.41, 5.74) is 6.33. The molecule has 1 rings (SSSR count). The molecule has 0 aliphatic rings. The number of hydrogen-bond acceptors (Lipinski definition) is 3. The molecule has 3 nitrogen and oxygen atoms in total. The van der Waals surface area contributed by atoms with Crippen LogP contribution in [-0.2, 0) is 6.42 Å². The third kappa shape index (κ3) is 5.65. The van der Waals surface area contributed by atoms with Crippen molar-refractivity contribution in [3.05, 3.63) is 29.6 Å². The molecule has 1 aromatic rings. The second-order valence-corrected chi connectivity index (χ2v) is 4.34. The third-order valence-corrected chi connectivity index (χ3v) is 2.38. The molecule has 0 aromatic heterocycles. The van der Waals surface area contributed by atoms with E-state index >= 15 is 0 Å². The zero-order valence-corrected chi connectivity index (χ0v) is 10.6. The molecule has 0 aliphatic heterocycles. The van der Waals surface area contributed by atoms with Crippen molar-refractivity contribution in [3.8, 4) is 5.75 Å². The smallest absolute Gasteiger partial charge is 0.127 e. The van der Waals surface area contributed by atoms with Gasteiger partial charge in [0.2, 0.25) is 0 Å². The summed E-state index contributed by atoms with van der Waals surface area (Å²) < 4.78 is 18.8. The highest BCUT2D eigenvalue weighted by Gasteiger charge is 2.01. The Balaban J connectivity index is 2.46. The molecule has 1 aromatic carbocycles. The molecule has 0 spiro atoms. The number of nitrogens with zero attached hydrogens (tertiary/aromatic N) is 1. The lowest BCUT2D eigenvalue weighted by Gasteiger charge is -2.11. The maximum absolute atomic E-state index is 13.3. The Labute approximate surface area is 102 Å². The number of benzene rings is 1. The molecule has 0 fully saturated rings. The minimum Gasteiger partial charge on any atom is -0.493 e. The summed E-state index contributed by atoms with van der Waals surface area (Å²) in [7, 11) is 4.03. The van der Waals surface area contributed by atoms with Crippen LogP contribution in [0, 0.1) is 5.82 Å². The fourth-order valence-electron chi connectivity index (χ4n) is 1.59. The van der Waals surface area contributed by atoms with Crippen molar-refractivity contribution in [3.63, 3.8) is 0 Å². The molecule has 0 unspecified atom stereocenters. The van der Waals surface area contributed by atoms with E-state index < -0.39 is 0 Å². The highest BCUT2D eigenvalue weighted by Crippen LogP contribution is 2.16. The zero-order valence-electron chi connectivity index (χ0n) is 10.6. The Bertz CT molecular complexity index is 342. The highest BCUT2D eigenvalue weighted by atomic mass is 19.1. The second kappa shape index (κ2) is 7.25. The average molecular weight is 240 g/mol. The maximum Gasteiger partial charge on any atom is 0.127 e. The molecule has 2 N–H and O–H groups in total. The van der Waals surface area contributed by atoms with Gasteiger partial charge >= 0.3 is 0 Å². The quantitative estimate of drug-likeness (QED) is 0.737. The summed E-state index contributed by atoms with van der Waals surface area (Å²) in [6.45, 7) is 2.08. The van der Waals surface area contributed by atoms with Crippen molar-refractivity contribution in [1.29, 1.82) is 0 Å². The van der Waals surface area contributed by atoms with Crippen molar-refractivity contribution in [2.24, 2.45) is 5.73 Å². The third-order valence-electron chi connectivity index (χ3n) is 2.38. The van der Waals surface area contributed by atoms with E-state index in [1.807, 2.05) is 20.2 Å². The van der Waals surface area contributed by atoms with Crippen molar-refractivity contribution in [2.45, 2.75) is 12.8 Å². The van der Waals surface area contributed by atoms with E-state index in [1.54, 1.807) is 0 Å². The topological polar surface area (TPSA) is 38.5 Å². The molecule has 0 bridgehead atoms. The number of halogens is 1. The fraction of sp³-hybridized carbons (Fsp3) is 0.538. The van der Waals surface area contributed by atoms with Gasteiger partial charge in [0, 0.05) is 12.6 Å². The van der Waals surface area contributed by atoms with Crippen molar-refractivity contribution >= 4 is 0 Å². The van der Waals surface area contributed by atoms with Crippen LogP contribution in [0.4, 0.5) is 4.39 Å². The fourth-order valence-corrected chi connectivity index (χ4v) is 1.59. The van der Waals surface area contributed by atoms with Gasteiger partial charge in [-0.05, 0) is 51.2 Å². The Hall–Kier alpha value is -1.13. The number of ether oxygens (including phenoxy) is 1. The normalized spacial score (nSPS) is 10.9. The van der Waals surface area contributed by atoms with Gasteiger partial charge in [0.15, 0.2) is 0 Å². The van der Waals surface area contributed by atoms with Crippen LogP contribution in [0.15, 0.2) is 18.2 Å². The molecule has 0 aliphatic carbocycles.